The highest BCUT2D eigenvalue weighted by atomic mass is 35.5. The first-order chi connectivity index (χ1) is 17.4. The number of methoxy groups -OCH3 is 1. The Morgan fingerprint density at radius 1 is 1.32 bits per heavy atom. The molecule has 13 nitrogen and oxygen atoms in total. The van der Waals surface area contributed by atoms with Crippen LogP contribution in [0.5, 0.6) is 5.75 Å². The number of carbonyl (C=O) groups is 2. The van der Waals surface area contributed by atoms with Crippen molar-refractivity contribution in [2.75, 3.05) is 13.7 Å². The van der Waals surface area contributed by atoms with Crippen LogP contribution in [0.4, 0.5) is 0 Å². The fourth-order valence-electron chi connectivity index (χ4n) is 4.09. The highest BCUT2D eigenvalue weighted by molar-refractivity contribution is 7.52. The van der Waals surface area contributed by atoms with Gasteiger partial charge in [-0.1, -0.05) is 11.6 Å². The zero-order chi connectivity index (χ0) is 27.0. The van der Waals surface area contributed by atoms with Gasteiger partial charge in [0, 0.05) is 17.3 Å². The fraction of sp³-hybridized carbons (Fsp3) is 0.455. The summed E-state index contributed by atoms with van der Waals surface area (Å²) in [5, 5.41) is 14.1. The number of ether oxygens (including phenoxy) is 2. The van der Waals surface area contributed by atoms with Gasteiger partial charge in [0.15, 0.2) is 6.23 Å². The van der Waals surface area contributed by atoms with Crippen molar-refractivity contribution < 1.29 is 37.8 Å². The van der Waals surface area contributed by atoms with E-state index in [0.717, 1.165) is 16.8 Å². The molecule has 0 spiro atoms. The van der Waals surface area contributed by atoms with E-state index in [0.29, 0.717) is 24.2 Å². The Balaban J connectivity index is 1.59. The van der Waals surface area contributed by atoms with Crippen LogP contribution in [0.3, 0.4) is 0 Å². The average Bonchev–Trinajstić information content (AvgIpc) is 3.56. The number of nitrogens with zero attached hydrogens (tertiary/aromatic N) is 1. The Hall–Kier alpha value is -2.80. The number of aldehydes is 1. The smallest absolute Gasteiger partial charge is 0.459 e. The predicted molar refractivity (Wildman–Crippen MR) is 128 cm³/mol. The lowest BCUT2D eigenvalue weighted by Crippen LogP contribution is -2.44. The van der Waals surface area contributed by atoms with Crippen molar-refractivity contribution in [2.24, 2.45) is 5.92 Å². The molecule has 2 fully saturated rings. The van der Waals surface area contributed by atoms with Crippen LogP contribution in [0.25, 0.3) is 0 Å². The second-order valence-corrected chi connectivity index (χ2v) is 11.1. The number of aliphatic hydroxyl groups is 1. The normalized spacial score (nSPS) is 27.7. The molecule has 2 aliphatic rings. The molecule has 2 heterocycles. The molecule has 4 unspecified atom stereocenters. The molecule has 4 rings (SSSR count). The van der Waals surface area contributed by atoms with Crippen LogP contribution < -0.4 is 20.9 Å². The Bertz CT molecular complexity index is 1340. The van der Waals surface area contributed by atoms with Gasteiger partial charge in [0.05, 0.1) is 25.7 Å². The number of aromatic amines is 1. The standard InChI is InChI=1S/C22H25ClN3O10P/c1-21(31)15(11-27)16(35-18(21)26-10-7-17(28)24-20(26)30)12-34-37(32,25-22(8-9-22)19(29)33-2)36-14-5-3-13(23)4-6-14/h3-7,10-11,15-16,18,31H,8-9,12H2,1-2H3,(H,25,32)(H,24,28,30)/t15?,16?,18?,21-,37?/m1/s1. The minimum atomic E-state index is -4.31. The number of carbonyl (C=O) groups excluding carboxylic acids is 2. The molecule has 1 aromatic carbocycles. The van der Waals surface area contributed by atoms with Crippen molar-refractivity contribution >= 4 is 31.6 Å². The lowest BCUT2D eigenvalue weighted by molar-refractivity contribution is -0.144. The van der Waals surface area contributed by atoms with Gasteiger partial charge in [0.1, 0.15) is 23.2 Å². The fourth-order valence-corrected chi connectivity index (χ4v) is 5.96. The van der Waals surface area contributed by atoms with E-state index in [1.165, 1.54) is 38.3 Å². The summed E-state index contributed by atoms with van der Waals surface area (Å²) in [6.45, 7) is 0.746. The van der Waals surface area contributed by atoms with E-state index in [-0.39, 0.29) is 5.75 Å². The van der Waals surface area contributed by atoms with Crippen LogP contribution >= 0.6 is 19.3 Å². The van der Waals surface area contributed by atoms with E-state index in [2.05, 4.69) is 10.1 Å². The van der Waals surface area contributed by atoms with Gasteiger partial charge in [-0.05, 0) is 44.0 Å². The van der Waals surface area contributed by atoms with Gasteiger partial charge in [0.25, 0.3) is 5.56 Å². The molecule has 1 saturated carbocycles. The topological polar surface area (TPSA) is 175 Å². The third-order valence-corrected chi connectivity index (χ3v) is 8.15. The Kier molecular flexibility index (Phi) is 7.48. The van der Waals surface area contributed by atoms with Crippen LogP contribution in [-0.4, -0.2) is 57.9 Å². The first kappa shape index (κ1) is 27.2. The summed E-state index contributed by atoms with van der Waals surface area (Å²) in [7, 11) is -3.12. The highest BCUT2D eigenvalue weighted by Crippen LogP contribution is 2.53. The number of nitrogens with one attached hydrogen (secondary N) is 2. The van der Waals surface area contributed by atoms with E-state index < -0.39 is 61.0 Å². The van der Waals surface area contributed by atoms with Crippen LogP contribution in [0.1, 0.15) is 26.0 Å². The van der Waals surface area contributed by atoms with Crippen LogP contribution in [0.2, 0.25) is 5.02 Å². The summed E-state index contributed by atoms with van der Waals surface area (Å²) in [5.41, 5.74) is -4.71. The third-order valence-electron chi connectivity index (χ3n) is 6.25. The van der Waals surface area contributed by atoms with Crippen molar-refractivity contribution in [1.82, 2.24) is 14.6 Å². The lowest BCUT2D eigenvalue weighted by Gasteiger charge is -2.27. The molecule has 0 radical (unpaired) electrons. The summed E-state index contributed by atoms with van der Waals surface area (Å²) in [6, 6.07) is 6.95. The first-order valence-corrected chi connectivity index (χ1v) is 13.1. The molecule has 2 aromatic rings. The highest BCUT2D eigenvalue weighted by Gasteiger charge is 2.58. The number of esters is 1. The second-order valence-electron chi connectivity index (χ2n) is 8.96. The number of halogens is 1. The molecule has 1 aliphatic heterocycles. The maximum atomic E-state index is 13.8. The second kappa shape index (κ2) is 10.2. The summed E-state index contributed by atoms with van der Waals surface area (Å²) in [6.07, 6.45) is -0.377. The number of hydrogen-bond donors (Lipinski definition) is 3. The Morgan fingerprint density at radius 2 is 2.00 bits per heavy atom. The summed E-state index contributed by atoms with van der Waals surface area (Å²) >= 11 is 5.90. The number of rotatable bonds is 10. The predicted octanol–water partition coefficient (Wildman–Crippen LogP) is 1.15. The van der Waals surface area contributed by atoms with Crippen LogP contribution in [0, 0.1) is 5.92 Å². The minimum absolute atomic E-state index is 0.116. The van der Waals surface area contributed by atoms with Gasteiger partial charge in [-0.2, -0.15) is 5.09 Å². The van der Waals surface area contributed by atoms with Gasteiger partial charge >= 0.3 is 19.4 Å². The molecular weight excluding hydrogens is 533 g/mol. The van der Waals surface area contributed by atoms with Crippen molar-refractivity contribution in [3.05, 3.63) is 62.4 Å². The molecule has 1 aliphatic carbocycles. The minimum Gasteiger partial charge on any atom is -0.468 e. The van der Waals surface area contributed by atoms with E-state index >= 15 is 0 Å². The molecule has 1 saturated heterocycles. The number of aromatic nitrogens is 2. The van der Waals surface area contributed by atoms with Crippen LogP contribution in [-0.2, 0) is 28.2 Å². The van der Waals surface area contributed by atoms with E-state index in [4.69, 9.17) is 30.1 Å². The molecule has 1 aromatic heterocycles. The third kappa shape index (κ3) is 5.57. The van der Waals surface area contributed by atoms with Crippen LogP contribution in [0.15, 0.2) is 46.1 Å². The average molecular weight is 558 g/mol. The van der Waals surface area contributed by atoms with Gasteiger partial charge in [0.2, 0.25) is 0 Å². The van der Waals surface area contributed by atoms with E-state index in [1.54, 1.807) is 0 Å². The maximum absolute atomic E-state index is 13.8. The van der Waals surface area contributed by atoms with Crippen molar-refractivity contribution in [3.63, 3.8) is 0 Å². The molecule has 37 heavy (non-hydrogen) atoms. The number of hydrogen-bond acceptors (Lipinski definition) is 10. The number of benzene rings is 1. The Labute approximate surface area is 215 Å². The quantitative estimate of drug-likeness (QED) is 0.217. The first-order valence-electron chi connectivity index (χ1n) is 11.2. The molecule has 15 heteroatoms. The van der Waals surface area contributed by atoms with Gasteiger partial charge < -0.3 is 23.9 Å². The molecular formula is C22H25ClN3O10P. The zero-order valence-electron chi connectivity index (χ0n) is 19.8. The van der Waals surface area contributed by atoms with Gasteiger partial charge in [-0.25, -0.2) is 9.36 Å². The summed E-state index contributed by atoms with van der Waals surface area (Å²) < 4.78 is 36.5. The lowest BCUT2D eigenvalue weighted by atomic mass is 9.87. The van der Waals surface area contributed by atoms with Gasteiger partial charge in [-0.15, -0.1) is 0 Å². The monoisotopic (exact) mass is 557 g/mol. The molecule has 0 bridgehead atoms. The SMILES string of the molecule is COC(=O)C1(NP(=O)(OCC2OC(n3ccc(=O)[nH]c3=O)[C@](C)(O)C2C=O)Oc2ccc(Cl)cc2)CC1. The summed E-state index contributed by atoms with van der Waals surface area (Å²) in [4.78, 5) is 50.0. The summed E-state index contributed by atoms with van der Waals surface area (Å²) in [5.74, 6) is -1.76. The number of H-pyrrole nitrogens is 1. The van der Waals surface area contributed by atoms with Gasteiger partial charge in [-0.3, -0.25) is 23.7 Å². The van der Waals surface area contributed by atoms with Crippen molar-refractivity contribution in [1.29, 1.82) is 0 Å². The molecule has 0 amide bonds. The molecule has 5 atom stereocenters. The molecule has 200 valence electrons. The largest absolute Gasteiger partial charge is 0.468 e. The van der Waals surface area contributed by atoms with Crippen molar-refractivity contribution in [2.45, 2.75) is 43.2 Å². The maximum Gasteiger partial charge on any atom is 0.459 e. The van der Waals surface area contributed by atoms with E-state index in [1.807, 2.05) is 0 Å². The molecule has 3 N–H and O–H groups in total. The Morgan fingerprint density at radius 3 is 2.57 bits per heavy atom. The van der Waals surface area contributed by atoms with E-state index in [9.17, 15) is 28.8 Å². The zero-order valence-corrected chi connectivity index (χ0v) is 21.4. The van der Waals surface area contributed by atoms with Crippen molar-refractivity contribution in [3.8, 4) is 5.75 Å².